The fourth-order valence-electron chi connectivity index (χ4n) is 6.22. The van der Waals surface area contributed by atoms with Gasteiger partial charge in [-0.05, 0) is 48.5 Å². The van der Waals surface area contributed by atoms with Gasteiger partial charge in [-0.1, -0.05) is 27.7 Å². The van der Waals surface area contributed by atoms with Crippen LogP contribution in [-0.4, -0.2) is 11.8 Å². The zero-order valence-corrected chi connectivity index (χ0v) is 15.6. The predicted octanol–water partition coefficient (Wildman–Crippen LogP) is 4.55. The molecule has 3 fully saturated rings. The summed E-state index contributed by atoms with van der Waals surface area (Å²) < 4.78 is 11.0. The van der Waals surface area contributed by atoms with Crippen molar-refractivity contribution in [3.63, 3.8) is 0 Å². The van der Waals surface area contributed by atoms with Gasteiger partial charge in [0.2, 0.25) is 0 Å². The molecule has 1 saturated heterocycles. The van der Waals surface area contributed by atoms with Crippen LogP contribution in [-0.2, 0) is 14.3 Å². The largest absolute Gasteiger partial charge is 0.472 e. The Morgan fingerprint density at radius 1 is 1.16 bits per heavy atom. The van der Waals surface area contributed by atoms with Gasteiger partial charge < -0.3 is 9.15 Å². The second-order valence-corrected chi connectivity index (χ2v) is 9.16. The smallest absolute Gasteiger partial charge is 0.310 e. The molecule has 1 aromatic heterocycles. The molecule has 4 rings (SSSR count). The highest BCUT2D eigenvalue weighted by atomic mass is 16.5. The van der Waals surface area contributed by atoms with E-state index in [2.05, 4.69) is 27.7 Å². The summed E-state index contributed by atoms with van der Waals surface area (Å²) in [6, 6.07) is 1.86. The molecule has 2 heterocycles. The fourth-order valence-corrected chi connectivity index (χ4v) is 6.22. The molecule has 136 valence electrons. The lowest BCUT2D eigenvalue weighted by Crippen LogP contribution is -2.61. The van der Waals surface area contributed by atoms with Gasteiger partial charge in [-0.2, -0.15) is 0 Å². The van der Waals surface area contributed by atoms with E-state index in [1.165, 1.54) is 0 Å². The van der Waals surface area contributed by atoms with Crippen molar-refractivity contribution in [2.45, 2.75) is 59.5 Å². The first-order valence-electron chi connectivity index (χ1n) is 9.53. The topological polar surface area (TPSA) is 56.5 Å². The summed E-state index contributed by atoms with van der Waals surface area (Å²) in [5, 5.41) is 0. The molecule has 4 nitrogen and oxygen atoms in total. The molecule has 1 aliphatic heterocycles. The van der Waals surface area contributed by atoms with E-state index in [9.17, 15) is 9.59 Å². The molecule has 0 amide bonds. The summed E-state index contributed by atoms with van der Waals surface area (Å²) in [6.45, 7) is 8.78. The predicted molar refractivity (Wildman–Crippen MR) is 92.5 cm³/mol. The average molecular weight is 344 g/mol. The molecule has 2 unspecified atom stereocenters. The second-order valence-electron chi connectivity index (χ2n) is 9.16. The molecular formula is C21H28O4. The second kappa shape index (κ2) is 5.46. The van der Waals surface area contributed by atoms with Crippen molar-refractivity contribution in [3.05, 3.63) is 24.2 Å². The number of ketones is 1. The third kappa shape index (κ3) is 2.25. The van der Waals surface area contributed by atoms with E-state index in [4.69, 9.17) is 9.15 Å². The number of carbonyl (C=O) groups is 2. The summed E-state index contributed by atoms with van der Waals surface area (Å²) in [6.07, 6.45) is 6.37. The van der Waals surface area contributed by atoms with E-state index in [1.807, 2.05) is 6.07 Å². The van der Waals surface area contributed by atoms with Gasteiger partial charge in [0.05, 0.1) is 18.4 Å². The number of hydrogen-bond acceptors (Lipinski definition) is 4. The Labute approximate surface area is 149 Å². The number of ether oxygens (including phenoxy) is 1. The van der Waals surface area contributed by atoms with Crippen molar-refractivity contribution in [3.8, 4) is 0 Å². The first-order valence-corrected chi connectivity index (χ1v) is 9.53. The Kier molecular flexibility index (Phi) is 3.68. The number of furan rings is 1. The maximum absolute atomic E-state index is 13.3. The van der Waals surface area contributed by atoms with Crippen LogP contribution in [0, 0.1) is 34.5 Å². The van der Waals surface area contributed by atoms with Crippen LogP contribution in [0.25, 0.3) is 0 Å². The van der Waals surface area contributed by atoms with Crippen LogP contribution in [0.2, 0.25) is 0 Å². The van der Waals surface area contributed by atoms with E-state index < -0.39 is 0 Å². The van der Waals surface area contributed by atoms with Crippen LogP contribution in [0.5, 0.6) is 0 Å². The molecule has 2 saturated carbocycles. The van der Waals surface area contributed by atoms with Gasteiger partial charge in [0.1, 0.15) is 11.9 Å². The van der Waals surface area contributed by atoms with Crippen molar-refractivity contribution in [2.24, 2.45) is 34.5 Å². The van der Waals surface area contributed by atoms with E-state index >= 15 is 0 Å². The van der Waals surface area contributed by atoms with Crippen molar-refractivity contribution < 1.29 is 18.7 Å². The highest BCUT2D eigenvalue weighted by Gasteiger charge is 2.64. The van der Waals surface area contributed by atoms with Crippen LogP contribution < -0.4 is 0 Å². The number of hydrogen-bond donors (Lipinski definition) is 0. The fraction of sp³-hybridized carbons (Fsp3) is 0.714. The van der Waals surface area contributed by atoms with Gasteiger partial charge in [-0.3, -0.25) is 9.59 Å². The zero-order chi connectivity index (χ0) is 18.0. The van der Waals surface area contributed by atoms with Crippen molar-refractivity contribution in [1.82, 2.24) is 0 Å². The molecule has 4 heteroatoms. The number of esters is 1. The molecule has 7 atom stereocenters. The van der Waals surface area contributed by atoms with Gasteiger partial charge >= 0.3 is 5.97 Å². The van der Waals surface area contributed by atoms with Gasteiger partial charge in [0.25, 0.3) is 0 Å². The Hall–Kier alpha value is -1.58. The summed E-state index contributed by atoms with van der Waals surface area (Å²) in [7, 11) is 0. The lowest BCUT2D eigenvalue weighted by molar-refractivity contribution is -0.201. The molecule has 0 N–H and O–H groups in total. The van der Waals surface area contributed by atoms with Crippen LogP contribution >= 0.6 is 0 Å². The van der Waals surface area contributed by atoms with Gasteiger partial charge in [0.15, 0.2) is 0 Å². The standard InChI is InChI=1S/C21H28O4/c1-12-9-13(2)20(3)7-5-15-19(23)25-16(14-6-8-24-11-14)10-21(15,4)18(20)17(12)22/h6,8,11-13,15-16,18H,5,7,9-10H2,1-4H3/t12-,13+,15-,16?,18?,20-,21-/m0/s1. The van der Waals surface area contributed by atoms with Gasteiger partial charge in [0, 0.05) is 17.4 Å². The normalized spacial score (nSPS) is 47.0. The molecule has 0 bridgehead atoms. The quantitative estimate of drug-likeness (QED) is 0.701. The van der Waals surface area contributed by atoms with Crippen molar-refractivity contribution >= 4 is 11.8 Å². The molecule has 2 aliphatic carbocycles. The SMILES string of the molecule is C[C@@H]1C[C@H](C)C(=O)C2[C@@]1(C)CC[C@H]1C(=O)OC(c3ccoc3)C[C@]21C. The number of Topliss-reactive ketones (excluding diaryl/α,β-unsaturated/α-hetero) is 1. The number of cyclic esters (lactones) is 1. The minimum absolute atomic E-state index is 0.0204. The van der Waals surface area contributed by atoms with Crippen molar-refractivity contribution in [1.29, 1.82) is 0 Å². The third-order valence-corrected chi connectivity index (χ3v) is 7.77. The molecule has 1 aromatic rings. The first kappa shape index (κ1) is 16.9. The highest BCUT2D eigenvalue weighted by molar-refractivity contribution is 5.87. The maximum atomic E-state index is 13.3. The van der Waals surface area contributed by atoms with Gasteiger partial charge in [-0.25, -0.2) is 0 Å². The lowest BCUT2D eigenvalue weighted by atomic mass is 9.42. The minimum Gasteiger partial charge on any atom is -0.472 e. The number of carbonyl (C=O) groups excluding carboxylic acids is 2. The zero-order valence-electron chi connectivity index (χ0n) is 15.6. The van der Waals surface area contributed by atoms with Crippen LogP contribution in [0.4, 0.5) is 0 Å². The Balaban J connectivity index is 1.78. The Morgan fingerprint density at radius 2 is 1.92 bits per heavy atom. The molecule has 0 aromatic carbocycles. The average Bonchev–Trinajstić information content (AvgIpc) is 3.06. The summed E-state index contributed by atoms with van der Waals surface area (Å²) in [4.78, 5) is 26.1. The molecule has 0 spiro atoms. The van der Waals surface area contributed by atoms with Crippen molar-refractivity contribution in [2.75, 3.05) is 0 Å². The Morgan fingerprint density at radius 3 is 2.60 bits per heavy atom. The van der Waals surface area contributed by atoms with E-state index in [0.717, 1.165) is 24.8 Å². The Bertz CT molecular complexity index is 693. The maximum Gasteiger partial charge on any atom is 0.310 e. The van der Waals surface area contributed by atoms with Gasteiger partial charge in [-0.15, -0.1) is 0 Å². The monoisotopic (exact) mass is 344 g/mol. The molecule has 25 heavy (non-hydrogen) atoms. The van der Waals surface area contributed by atoms with E-state index in [0.29, 0.717) is 18.1 Å². The highest BCUT2D eigenvalue weighted by Crippen LogP contribution is 2.65. The molecule has 0 radical (unpaired) electrons. The summed E-state index contributed by atoms with van der Waals surface area (Å²) in [5.74, 6) is 0.548. The summed E-state index contributed by atoms with van der Waals surface area (Å²) in [5.41, 5.74) is 0.530. The first-order chi connectivity index (χ1) is 11.8. The lowest BCUT2D eigenvalue weighted by Gasteiger charge is -2.61. The number of rotatable bonds is 1. The van der Waals surface area contributed by atoms with E-state index in [-0.39, 0.29) is 40.7 Å². The minimum atomic E-state index is -0.343. The molecular weight excluding hydrogens is 316 g/mol. The third-order valence-electron chi connectivity index (χ3n) is 7.77. The van der Waals surface area contributed by atoms with Crippen LogP contribution in [0.3, 0.4) is 0 Å². The summed E-state index contributed by atoms with van der Waals surface area (Å²) >= 11 is 0. The number of fused-ring (bicyclic) bond motifs is 3. The van der Waals surface area contributed by atoms with E-state index in [1.54, 1.807) is 12.5 Å². The van der Waals surface area contributed by atoms with Crippen LogP contribution in [0.15, 0.2) is 23.0 Å². The molecule has 3 aliphatic rings. The van der Waals surface area contributed by atoms with Crippen LogP contribution in [0.1, 0.15) is 65.0 Å².